The second-order valence-corrected chi connectivity index (χ2v) is 7.06. The first-order valence-electron chi connectivity index (χ1n) is 8.56. The van der Waals surface area contributed by atoms with Crippen LogP contribution in [0.2, 0.25) is 0 Å². The molecule has 3 unspecified atom stereocenters. The van der Waals surface area contributed by atoms with Crippen molar-refractivity contribution in [3.8, 4) is 0 Å². The molecule has 0 spiro atoms. The maximum Gasteiger partial charge on any atom is 0.0474 e. The summed E-state index contributed by atoms with van der Waals surface area (Å²) in [6.07, 6.45) is 6.06. The molecule has 1 saturated carbocycles. The van der Waals surface area contributed by atoms with Gasteiger partial charge in [-0.15, -0.1) is 0 Å². The van der Waals surface area contributed by atoms with Gasteiger partial charge < -0.3 is 10.4 Å². The Morgan fingerprint density at radius 3 is 2.38 bits per heavy atom. The normalized spacial score (nSPS) is 24.2. The van der Waals surface area contributed by atoms with Gasteiger partial charge in [0.1, 0.15) is 0 Å². The number of nitrogens with one attached hydrogen (secondary N) is 1. The van der Waals surface area contributed by atoms with Crippen LogP contribution in [0.3, 0.4) is 0 Å². The predicted molar refractivity (Wildman–Crippen MR) is 89.4 cm³/mol. The molecule has 1 fully saturated rings. The Hall–Kier alpha value is -0.860. The molecule has 2 heteroatoms. The van der Waals surface area contributed by atoms with Crippen LogP contribution in [0.5, 0.6) is 0 Å². The Labute approximate surface area is 130 Å². The zero-order valence-corrected chi connectivity index (χ0v) is 13.8. The van der Waals surface area contributed by atoms with Gasteiger partial charge in [-0.3, -0.25) is 0 Å². The summed E-state index contributed by atoms with van der Waals surface area (Å²) in [5.41, 5.74) is 2.77. The maximum atomic E-state index is 9.53. The van der Waals surface area contributed by atoms with Gasteiger partial charge >= 0.3 is 0 Å². The van der Waals surface area contributed by atoms with Crippen LogP contribution in [0.4, 0.5) is 0 Å². The molecule has 0 heterocycles. The highest BCUT2D eigenvalue weighted by atomic mass is 16.3. The summed E-state index contributed by atoms with van der Waals surface area (Å²) in [4.78, 5) is 0. The minimum atomic E-state index is 0.317. The van der Waals surface area contributed by atoms with Crippen molar-refractivity contribution in [3.05, 3.63) is 35.4 Å². The molecule has 21 heavy (non-hydrogen) atoms. The lowest BCUT2D eigenvalue weighted by Crippen LogP contribution is -2.41. The Morgan fingerprint density at radius 1 is 1.10 bits per heavy atom. The van der Waals surface area contributed by atoms with Gasteiger partial charge in [0.05, 0.1) is 0 Å². The molecule has 1 aromatic rings. The van der Waals surface area contributed by atoms with E-state index in [9.17, 15) is 5.11 Å². The van der Waals surface area contributed by atoms with Crippen LogP contribution in [0, 0.1) is 11.8 Å². The smallest absolute Gasteiger partial charge is 0.0474 e. The zero-order valence-electron chi connectivity index (χ0n) is 13.8. The summed E-state index contributed by atoms with van der Waals surface area (Å²) in [7, 11) is 0. The van der Waals surface area contributed by atoms with Crippen molar-refractivity contribution in [1.82, 2.24) is 5.32 Å². The molecule has 0 saturated heterocycles. The van der Waals surface area contributed by atoms with Gasteiger partial charge in [-0.2, -0.15) is 0 Å². The Kier molecular flexibility index (Phi) is 6.25. The van der Waals surface area contributed by atoms with E-state index in [0.29, 0.717) is 30.5 Å². The van der Waals surface area contributed by atoms with Crippen molar-refractivity contribution in [3.63, 3.8) is 0 Å². The van der Waals surface area contributed by atoms with Crippen LogP contribution in [0.25, 0.3) is 0 Å². The van der Waals surface area contributed by atoms with Crippen LogP contribution in [-0.2, 0) is 6.42 Å². The van der Waals surface area contributed by atoms with Gasteiger partial charge in [-0.25, -0.2) is 0 Å². The molecule has 0 amide bonds. The van der Waals surface area contributed by atoms with E-state index in [-0.39, 0.29) is 0 Å². The van der Waals surface area contributed by atoms with E-state index in [1.54, 1.807) is 0 Å². The quantitative estimate of drug-likeness (QED) is 0.827. The van der Waals surface area contributed by atoms with Gasteiger partial charge in [0.15, 0.2) is 0 Å². The summed E-state index contributed by atoms with van der Waals surface area (Å²) >= 11 is 0. The standard InChI is InChI=1S/C19H31NO/c1-14(2)12-16-8-10-17(11-9-16)15(3)20-19-7-5-4-6-18(19)13-21/h8-11,14-15,18-21H,4-7,12-13H2,1-3H3. The lowest BCUT2D eigenvalue weighted by Gasteiger charge is -2.33. The highest BCUT2D eigenvalue weighted by molar-refractivity contribution is 5.25. The number of aliphatic hydroxyl groups is 1. The summed E-state index contributed by atoms with van der Waals surface area (Å²) in [5, 5.41) is 13.3. The van der Waals surface area contributed by atoms with Crippen molar-refractivity contribution in [2.45, 2.75) is 65.0 Å². The van der Waals surface area contributed by atoms with E-state index in [4.69, 9.17) is 0 Å². The van der Waals surface area contributed by atoms with Gasteiger partial charge in [0.25, 0.3) is 0 Å². The van der Waals surface area contributed by atoms with Crippen LogP contribution in [0.1, 0.15) is 63.6 Å². The van der Waals surface area contributed by atoms with Crippen molar-refractivity contribution in [1.29, 1.82) is 0 Å². The SMILES string of the molecule is CC(C)Cc1ccc(C(C)NC2CCCCC2CO)cc1. The summed E-state index contributed by atoms with van der Waals surface area (Å²) in [5.74, 6) is 1.14. The van der Waals surface area contributed by atoms with Crippen LogP contribution in [0.15, 0.2) is 24.3 Å². The fourth-order valence-electron chi connectivity index (χ4n) is 3.48. The first kappa shape index (κ1) is 16.5. The molecular weight excluding hydrogens is 258 g/mol. The summed E-state index contributed by atoms with van der Waals surface area (Å²) in [6, 6.07) is 9.86. The fourth-order valence-corrected chi connectivity index (χ4v) is 3.48. The molecule has 2 nitrogen and oxygen atoms in total. The van der Waals surface area contributed by atoms with Crippen molar-refractivity contribution in [2.75, 3.05) is 6.61 Å². The average Bonchev–Trinajstić information content (AvgIpc) is 2.48. The number of hydrogen-bond donors (Lipinski definition) is 2. The monoisotopic (exact) mass is 289 g/mol. The van der Waals surface area contributed by atoms with Gasteiger partial charge in [0, 0.05) is 18.7 Å². The van der Waals surface area contributed by atoms with Gasteiger partial charge in [0.2, 0.25) is 0 Å². The molecular formula is C19H31NO. The number of benzene rings is 1. The Morgan fingerprint density at radius 2 is 1.76 bits per heavy atom. The second kappa shape index (κ2) is 7.95. The largest absolute Gasteiger partial charge is 0.396 e. The van der Waals surface area contributed by atoms with Crippen LogP contribution in [-0.4, -0.2) is 17.8 Å². The molecule has 1 aliphatic rings. The Bertz CT molecular complexity index is 412. The first-order valence-corrected chi connectivity index (χ1v) is 8.56. The van der Waals surface area contributed by atoms with Crippen molar-refractivity contribution in [2.24, 2.45) is 11.8 Å². The Balaban J connectivity index is 1.94. The van der Waals surface area contributed by atoms with E-state index in [1.165, 1.54) is 30.4 Å². The lowest BCUT2D eigenvalue weighted by molar-refractivity contribution is 0.147. The maximum absolute atomic E-state index is 9.53. The molecule has 0 bridgehead atoms. The van der Waals surface area contributed by atoms with E-state index in [2.05, 4.69) is 50.4 Å². The van der Waals surface area contributed by atoms with E-state index in [0.717, 1.165) is 12.8 Å². The highest BCUT2D eigenvalue weighted by Crippen LogP contribution is 2.26. The molecule has 0 aliphatic heterocycles. The third-order valence-corrected chi connectivity index (χ3v) is 4.73. The van der Waals surface area contributed by atoms with E-state index in [1.807, 2.05) is 0 Å². The molecule has 3 atom stereocenters. The number of rotatable bonds is 6. The average molecular weight is 289 g/mol. The molecule has 1 aliphatic carbocycles. The van der Waals surface area contributed by atoms with Crippen LogP contribution < -0.4 is 5.32 Å². The molecule has 0 aromatic heterocycles. The summed E-state index contributed by atoms with van der Waals surface area (Å²) in [6.45, 7) is 7.07. The summed E-state index contributed by atoms with van der Waals surface area (Å²) < 4.78 is 0. The third-order valence-electron chi connectivity index (χ3n) is 4.73. The fraction of sp³-hybridized carbons (Fsp3) is 0.684. The minimum Gasteiger partial charge on any atom is -0.396 e. The zero-order chi connectivity index (χ0) is 15.2. The predicted octanol–water partition coefficient (Wildman–Crippen LogP) is 4.09. The van der Waals surface area contributed by atoms with Crippen molar-refractivity contribution >= 4 is 0 Å². The third kappa shape index (κ3) is 4.82. The molecule has 1 aromatic carbocycles. The lowest BCUT2D eigenvalue weighted by atomic mass is 9.84. The first-order chi connectivity index (χ1) is 10.1. The molecule has 2 rings (SSSR count). The highest BCUT2D eigenvalue weighted by Gasteiger charge is 2.25. The molecule has 2 N–H and O–H groups in total. The van der Waals surface area contributed by atoms with E-state index < -0.39 is 0 Å². The topological polar surface area (TPSA) is 32.3 Å². The number of hydrogen-bond acceptors (Lipinski definition) is 2. The van der Waals surface area contributed by atoms with E-state index >= 15 is 0 Å². The van der Waals surface area contributed by atoms with Gasteiger partial charge in [-0.05, 0) is 49.1 Å². The minimum absolute atomic E-state index is 0.317. The molecule has 118 valence electrons. The molecule has 0 radical (unpaired) electrons. The number of aliphatic hydroxyl groups excluding tert-OH is 1. The van der Waals surface area contributed by atoms with Crippen LogP contribution >= 0.6 is 0 Å². The van der Waals surface area contributed by atoms with Crippen molar-refractivity contribution < 1.29 is 5.11 Å². The second-order valence-electron chi connectivity index (χ2n) is 7.06. The van der Waals surface area contributed by atoms with Gasteiger partial charge in [-0.1, -0.05) is 51.0 Å².